The summed E-state index contributed by atoms with van der Waals surface area (Å²) in [6.45, 7) is 0. The standard InChI is InChI=1S/C16H22N2O3/c17-16(8-4-1-5-9-16)11-14(19)18-13-7-3-2-6-12(13)10-15(20)21/h2-3,6-7H,1,4-5,8-11,17H2,(H,18,19)(H,20,21). The quantitative estimate of drug-likeness (QED) is 0.775. The predicted molar refractivity (Wildman–Crippen MR) is 81.0 cm³/mol. The van der Waals surface area contributed by atoms with Crippen molar-refractivity contribution in [2.45, 2.75) is 50.5 Å². The van der Waals surface area contributed by atoms with Gasteiger partial charge in [0.05, 0.1) is 6.42 Å². The molecule has 4 N–H and O–H groups in total. The zero-order valence-corrected chi connectivity index (χ0v) is 12.1. The molecule has 0 unspecified atom stereocenters. The van der Waals surface area contributed by atoms with Crippen LogP contribution in [0.3, 0.4) is 0 Å². The molecule has 114 valence electrons. The fourth-order valence-electron chi connectivity index (χ4n) is 2.91. The van der Waals surface area contributed by atoms with Crippen LogP contribution in [-0.2, 0) is 16.0 Å². The van der Waals surface area contributed by atoms with Gasteiger partial charge in [0, 0.05) is 17.6 Å². The second-order valence-electron chi connectivity index (χ2n) is 5.88. The number of carboxylic acid groups (broad SMARTS) is 1. The first-order chi connectivity index (χ1) is 9.98. The van der Waals surface area contributed by atoms with Crippen molar-refractivity contribution in [3.8, 4) is 0 Å². The van der Waals surface area contributed by atoms with Gasteiger partial charge >= 0.3 is 5.97 Å². The van der Waals surface area contributed by atoms with E-state index in [4.69, 9.17) is 10.8 Å². The summed E-state index contributed by atoms with van der Waals surface area (Å²) in [4.78, 5) is 23.0. The molecule has 1 aromatic rings. The number of rotatable bonds is 5. The highest BCUT2D eigenvalue weighted by atomic mass is 16.4. The second kappa shape index (κ2) is 6.72. The van der Waals surface area contributed by atoms with E-state index in [-0.39, 0.29) is 18.7 Å². The number of hydrogen-bond donors (Lipinski definition) is 3. The van der Waals surface area contributed by atoms with Crippen LogP contribution in [0.2, 0.25) is 0 Å². The number of hydrogen-bond acceptors (Lipinski definition) is 3. The highest BCUT2D eigenvalue weighted by Crippen LogP contribution is 2.29. The van der Waals surface area contributed by atoms with Gasteiger partial charge < -0.3 is 16.2 Å². The van der Waals surface area contributed by atoms with E-state index in [0.29, 0.717) is 11.3 Å². The highest BCUT2D eigenvalue weighted by Gasteiger charge is 2.30. The molecule has 0 heterocycles. The van der Waals surface area contributed by atoms with E-state index >= 15 is 0 Å². The minimum absolute atomic E-state index is 0.107. The van der Waals surface area contributed by atoms with Crippen molar-refractivity contribution in [1.82, 2.24) is 0 Å². The lowest BCUT2D eigenvalue weighted by molar-refractivity contribution is -0.136. The van der Waals surface area contributed by atoms with Gasteiger partial charge in [-0.25, -0.2) is 0 Å². The monoisotopic (exact) mass is 290 g/mol. The van der Waals surface area contributed by atoms with Crippen LogP contribution in [0.5, 0.6) is 0 Å². The Bertz CT molecular complexity index is 522. The zero-order valence-electron chi connectivity index (χ0n) is 12.1. The van der Waals surface area contributed by atoms with E-state index in [9.17, 15) is 9.59 Å². The van der Waals surface area contributed by atoms with Gasteiger partial charge in [0.1, 0.15) is 0 Å². The number of amides is 1. The lowest BCUT2D eigenvalue weighted by Gasteiger charge is -2.32. The van der Waals surface area contributed by atoms with Crippen molar-refractivity contribution in [2.75, 3.05) is 5.32 Å². The Kier molecular flexibility index (Phi) is 4.96. The van der Waals surface area contributed by atoms with Gasteiger partial charge in [-0.15, -0.1) is 0 Å². The Hall–Kier alpha value is -1.88. The third-order valence-corrected chi connectivity index (χ3v) is 4.00. The van der Waals surface area contributed by atoms with E-state index in [2.05, 4.69) is 5.32 Å². The number of nitrogens with one attached hydrogen (secondary N) is 1. The Balaban J connectivity index is 2.00. The third kappa shape index (κ3) is 4.56. The van der Waals surface area contributed by atoms with E-state index in [1.165, 1.54) is 6.42 Å². The minimum atomic E-state index is -0.917. The lowest BCUT2D eigenvalue weighted by atomic mass is 9.80. The number of aliphatic carboxylic acids is 1. The van der Waals surface area contributed by atoms with Crippen LogP contribution >= 0.6 is 0 Å². The highest BCUT2D eigenvalue weighted by molar-refractivity contribution is 5.93. The Morgan fingerprint density at radius 1 is 1.19 bits per heavy atom. The number of carbonyl (C=O) groups is 2. The maximum atomic E-state index is 12.2. The molecule has 1 aliphatic carbocycles. The summed E-state index contributed by atoms with van der Waals surface area (Å²) in [5, 5.41) is 11.7. The molecule has 0 atom stereocenters. The van der Waals surface area contributed by atoms with Gasteiger partial charge in [-0.2, -0.15) is 0 Å². The van der Waals surface area contributed by atoms with Crippen LogP contribution in [0.4, 0.5) is 5.69 Å². The molecule has 0 saturated heterocycles. The number of anilines is 1. The van der Waals surface area contributed by atoms with Crippen molar-refractivity contribution in [1.29, 1.82) is 0 Å². The average molecular weight is 290 g/mol. The molecule has 1 saturated carbocycles. The van der Waals surface area contributed by atoms with Crippen LogP contribution in [0, 0.1) is 0 Å². The summed E-state index contributed by atoms with van der Waals surface area (Å²) in [6.07, 6.45) is 5.24. The van der Waals surface area contributed by atoms with Gasteiger partial charge in [0.25, 0.3) is 0 Å². The molecule has 1 amide bonds. The Morgan fingerprint density at radius 3 is 2.52 bits per heavy atom. The number of nitrogens with two attached hydrogens (primary N) is 1. The number of benzene rings is 1. The van der Waals surface area contributed by atoms with Crippen molar-refractivity contribution in [2.24, 2.45) is 5.73 Å². The zero-order chi connectivity index (χ0) is 15.3. The van der Waals surface area contributed by atoms with Crippen molar-refractivity contribution in [3.05, 3.63) is 29.8 Å². The predicted octanol–water partition coefficient (Wildman–Crippen LogP) is 2.30. The van der Waals surface area contributed by atoms with E-state index in [0.717, 1.165) is 25.7 Å². The normalized spacial score (nSPS) is 17.2. The number of para-hydroxylation sites is 1. The van der Waals surface area contributed by atoms with Crippen molar-refractivity contribution in [3.63, 3.8) is 0 Å². The van der Waals surface area contributed by atoms with Gasteiger partial charge in [-0.05, 0) is 24.5 Å². The summed E-state index contributed by atoms with van der Waals surface area (Å²) in [6, 6.07) is 6.97. The maximum absolute atomic E-state index is 12.2. The number of carboxylic acids is 1. The van der Waals surface area contributed by atoms with Crippen molar-refractivity contribution < 1.29 is 14.7 Å². The molecule has 1 fully saturated rings. The average Bonchev–Trinajstić information content (AvgIpc) is 2.40. The van der Waals surface area contributed by atoms with Gasteiger partial charge in [0.2, 0.25) is 5.91 Å². The van der Waals surface area contributed by atoms with E-state index < -0.39 is 11.5 Å². The first kappa shape index (κ1) is 15.5. The Labute approximate surface area is 124 Å². The molecule has 1 aliphatic rings. The van der Waals surface area contributed by atoms with E-state index in [1.807, 2.05) is 0 Å². The third-order valence-electron chi connectivity index (χ3n) is 4.00. The van der Waals surface area contributed by atoms with Crippen LogP contribution < -0.4 is 11.1 Å². The second-order valence-corrected chi connectivity index (χ2v) is 5.88. The summed E-state index contributed by atoms with van der Waals surface area (Å²) < 4.78 is 0. The SMILES string of the molecule is NC1(CC(=O)Nc2ccccc2CC(=O)O)CCCCC1. The largest absolute Gasteiger partial charge is 0.481 e. The van der Waals surface area contributed by atoms with Gasteiger partial charge in [0.15, 0.2) is 0 Å². The van der Waals surface area contributed by atoms with Crippen LogP contribution in [0.1, 0.15) is 44.1 Å². The molecule has 2 rings (SSSR count). The smallest absolute Gasteiger partial charge is 0.307 e. The van der Waals surface area contributed by atoms with Gasteiger partial charge in [-0.3, -0.25) is 9.59 Å². The molecular weight excluding hydrogens is 268 g/mol. The van der Waals surface area contributed by atoms with Crippen LogP contribution in [0.25, 0.3) is 0 Å². The van der Waals surface area contributed by atoms with E-state index in [1.54, 1.807) is 24.3 Å². The van der Waals surface area contributed by atoms with Crippen LogP contribution in [0.15, 0.2) is 24.3 Å². The molecule has 0 aliphatic heterocycles. The molecule has 0 spiro atoms. The van der Waals surface area contributed by atoms with Crippen LogP contribution in [-0.4, -0.2) is 22.5 Å². The minimum Gasteiger partial charge on any atom is -0.481 e. The first-order valence-corrected chi connectivity index (χ1v) is 7.37. The first-order valence-electron chi connectivity index (χ1n) is 7.37. The molecule has 5 nitrogen and oxygen atoms in total. The topological polar surface area (TPSA) is 92.4 Å². The lowest BCUT2D eigenvalue weighted by Crippen LogP contribution is -2.44. The van der Waals surface area contributed by atoms with Gasteiger partial charge in [-0.1, -0.05) is 37.5 Å². The maximum Gasteiger partial charge on any atom is 0.307 e. The fourth-order valence-corrected chi connectivity index (χ4v) is 2.91. The molecule has 0 aromatic heterocycles. The molecule has 0 radical (unpaired) electrons. The molecule has 0 bridgehead atoms. The number of carbonyl (C=O) groups excluding carboxylic acids is 1. The molecule has 21 heavy (non-hydrogen) atoms. The molecular formula is C16H22N2O3. The van der Waals surface area contributed by atoms with Crippen molar-refractivity contribution >= 4 is 17.6 Å². The Morgan fingerprint density at radius 2 is 1.86 bits per heavy atom. The molecule has 1 aromatic carbocycles. The summed E-state index contributed by atoms with van der Waals surface area (Å²) in [5.41, 5.74) is 7.03. The summed E-state index contributed by atoms with van der Waals surface area (Å²) >= 11 is 0. The fraction of sp³-hybridized carbons (Fsp3) is 0.500. The molecule has 5 heteroatoms. The summed E-state index contributed by atoms with van der Waals surface area (Å²) in [5.74, 6) is -1.06. The summed E-state index contributed by atoms with van der Waals surface area (Å²) in [7, 11) is 0.